The molecule has 0 saturated heterocycles. The second-order valence-electron chi connectivity index (χ2n) is 12.8. The summed E-state index contributed by atoms with van der Waals surface area (Å²) in [7, 11) is 5.57. The van der Waals surface area contributed by atoms with E-state index in [0.29, 0.717) is 42.1 Å². The first-order valence-electron chi connectivity index (χ1n) is 16.4. The van der Waals surface area contributed by atoms with Crippen molar-refractivity contribution in [1.29, 1.82) is 0 Å². The van der Waals surface area contributed by atoms with Gasteiger partial charge in [0.25, 0.3) is 5.91 Å². The molecule has 47 heavy (non-hydrogen) atoms. The third-order valence-corrected chi connectivity index (χ3v) is 8.24. The lowest BCUT2D eigenvalue weighted by molar-refractivity contribution is -0.116. The monoisotopic (exact) mass is 657 g/mol. The zero-order chi connectivity index (χ0) is 34.5. The Morgan fingerprint density at radius 3 is 2.45 bits per heavy atom. The third-order valence-electron chi connectivity index (χ3n) is 8.24. The van der Waals surface area contributed by atoms with Crippen LogP contribution in [0.2, 0.25) is 0 Å². The molecule has 1 aliphatic heterocycles. The Balaban J connectivity index is 1.86. The van der Waals surface area contributed by atoms with Gasteiger partial charge in [0.2, 0.25) is 5.91 Å². The van der Waals surface area contributed by atoms with Gasteiger partial charge in [-0.15, -0.1) is 0 Å². The topological polar surface area (TPSA) is 124 Å². The number of carbonyl (C=O) groups is 3. The second-order valence-corrected chi connectivity index (χ2v) is 12.8. The van der Waals surface area contributed by atoms with Gasteiger partial charge in [-0.25, -0.2) is 9.18 Å². The molecule has 3 rings (SSSR count). The smallest absolute Gasteiger partial charge is 0.321 e. The average molecular weight is 658 g/mol. The van der Waals surface area contributed by atoms with Crippen LogP contribution >= 0.6 is 0 Å². The Hall–Kier alpha value is -3.74. The van der Waals surface area contributed by atoms with Gasteiger partial charge < -0.3 is 39.9 Å². The fourth-order valence-electron chi connectivity index (χ4n) is 5.35. The minimum absolute atomic E-state index is 0.142. The van der Waals surface area contributed by atoms with Crippen LogP contribution < -0.4 is 15.4 Å². The molecular formula is C35H52FN5O6. The molecule has 0 bridgehead atoms. The lowest BCUT2D eigenvalue weighted by atomic mass is 10.0. The van der Waals surface area contributed by atoms with Crippen LogP contribution in [0.1, 0.15) is 63.2 Å². The molecule has 0 fully saturated rings. The standard InChI is InChI=1S/C35H52FN5O6/c1-24-21-41(25(2)23-42)34(44)30-20-29(37-33(43)11-9-18-39(4)5)16-17-31(30)47-26(3)10-7-8-19-46-32(24)22-40(6)35(45)38-28-14-12-27(36)13-15-28/h12-17,20,24-26,32,42H,7-11,18-19,21-23H2,1-6H3,(H,37,43)(H,38,45)/t24-,25+,26+,32-/m0/s1. The van der Waals surface area contributed by atoms with Gasteiger partial charge in [0, 0.05) is 50.5 Å². The number of likely N-dealkylation sites (N-methyl/N-ethyl adjacent to an activating group) is 1. The van der Waals surface area contributed by atoms with Crippen molar-refractivity contribution in [3.8, 4) is 5.75 Å². The van der Waals surface area contributed by atoms with E-state index >= 15 is 0 Å². The first-order chi connectivity index (χ1) is 22.4. The lowest BCUT2D eigenvalue weighted by Crippen LogP contribution is -2.48. The molecule has 2 aromatic rings. The van der Waals surface area contributed by atoms with Crippen LogP contribution in [0.4, 0.5) is 20.6 Å². The van der Waals surface area contributed by atoms with Gasteiger partial charge in [-0.05, 0) is 103 Å². The van der Waals surface area contributed by atoms with Crippen molar-refractivity contribution in [2.75, 3.05) is 64.6 Å². The molecule has 0 unspecified atom stereocenters. The molecular weight excluding hydrogens is 605 g/mol. The highest BCUT2D eigenvalue weighted by molar-refractivity contribution is 5.99. The number of amides is 4. The number of urea groups is 1. The summed E-state index contributed by atoms with van der Waals surface area (Å²) in [6.45, 7) is 7.13. The van der Waals surface area contributed by atoms with E-state index in [-0.39, 0.29) is 49.6 Å². The van der Waals surface area contributed by atoms with Crippen molar-refractivity contribution < 1.29 is 33.4 Å². The van der Waals surface area contributed by atoms with Gasteiger partial charge in [0.1, 0.15) is 11.6 Å². The highest BCUT2D eigenvalue weighted by Gasteiger charge is 2.31. The summed E-state index contributed by atoms with van der Waals surface area (Å²) < 4.78 is 25.9. The molecule has 11 nitrogen and oxygen atoms in total. The molecule has 0 saturated carbocycles. The van der Waals surface area contributed by atoms with Crippen molar-refractivity contribution in [2.24, 2.45) is 5.92 Å². The van der Waals surface area contributed by atoms with Crippen molar-refractivity contribution in [3.05, 3.63) is 53.8 Å². The van der Waals surface area contributed by atoms with Crippen LogP contribution in [0.5, 0.6) is 5.75 Å². The maximum Gasteiger partial charge on any atom is 0.321 e. The van der Waals surface area contributed by atoms with Crippen LogP contribution in [0.3, 0.4) is 0 Å². The predicted octanol–water partition coefficient (Wildman–Crippen LogP) is 5.07. The van der Waals surface area contributed by atoms with Crippen molar-refractivity contribution >= 4 is 29.2 Å². The van der Waals surface area contributed by atoms with Gasteiger partial charge in [0.05, 0.1) is 30.4 Å². The Labute approximate surface area is 278 Å². The first kappa shape index (κ1) is 37.7. The van der Waals surface area contributed by atoms with E-state index in [4.69, 9.17) is 9.47 Å². The third kappa shape index (κ3) is 12.1. The van der Waals surface area contributed by atoms with E-state index in [1.807, 2.05) is 32.8 Å². The molecule has 0 aliphatic carbocycles. The normalized spacial score (nSPS) is 20.1. The van der Waals surface area contributed by atoms with Crippen molar-refractivity contribution in [3.63, 3.8) is 0 Å². The summed E-state index contributed by atoms with van der Waals surface area (Å²) in [6.07, 6.45) is 2.79. The Bertz CT molecular complexity index is 1310. The summed E-state index contributed by atoms with van der Waals surface area (Å²) in [5.41, 5.74) is 1.25. The maximum atomic E-state index is 14.3. The number of benzene rings is 2. The van der Waals surface area contributed by atoms with Crippen molar-refractivity contribution in [1.82, 2.24) is 14.7 Å². The number of hydrogen-bond donors (Lipinski definition) is 3. The summed E-state index contributed by atoms with van der Waals surface area (Å²) in [5.74, 6) is -0.703. The molecule has 1 aliphatic rings. The largest absolute Gasteiger partial charge is 0.490 e. The van der Waals surface area contributed by atoms with Crippen LogP contribution in [0.25, 0.3) is 0 Å². The van der Waals surface area contributed by atoms with Gasteiger partial charge in [-0.1, -0.05) is 6.92 Å². The number of ether oxygens (including phenoxy) is 2. The minimum Gasteiger partial charge on any atom is -0.490 e. The first-order valence-corrected chi connectivity index (χ1v) is 16.4. The highest BCUT2D eigenvalue weighted by Crippen LogP contribution is 2.28. The molecule has 0 aromatic heterocycles. The van der Waals surface area contributed by atoms with E-state index in [1.54, 1.807) is 37.1 Å². The Kier molecular flexibility index (Phi) is 14.9. The Morgan fingerprint density at radius 1 is 1.06 bits per heavy atom. The lowest BCUT2D eigenvalue weighted by Gasteiger charge is -2.35. The maximum absolute atomic E-state index is 14.3. The SMILES string of the molecule is C[C@@H]1CCCCO[C@@H](CN(C)C(=O)Nc2ccc(F)cc2)[C@@H](C)CN([C@H](C)CO)C(=O)c2cc(NC(=O)CCCN(C)C)ccc2O1. The van der Waals surface area contributed by atoms with Gasteiger partial charge in [-0.2, -0.15) is 0 Å². The fourth-order valence-corrected chi connectivity index (χ4v) is 5.35. The van der Waals surface area contributed by atoms with E-state index in [1.165, 1.54) is 29.2 Å². The van der Waals surface area contributed by atoms with Crippen LogP contribution in [-0.4, -0.2) is 110 Å². The number of hydrogen-bond acceptors (Lipinski definition) is 7. The number of carbonyl (C=O) groups excluding carboxylic acids is 3. The van der Waals surface area contributed by atoms with Crippen LogP contribution in [0.15, 0.2) is 42.5 Å². The number of aliphatic hydroxyl groups excluding tert-OH is 1. The Morgan fingerprint density at radius 2 is 1.77 bits per heavy atom. The summed E-state index contributed by atoms with van der Waals surface area (Å²) >= 11 is 0. The predicted molar refractivity (Wildman–Crippen MR) is 181 cm³/mol. The summed E-state index contributed by atoms with van der Waals surface area (Å²) in [5, 5.41) is 15.9. The summed E-state index contributed by atoms with van der Waals surface area (Å²) in [6, 6.07) is 9.73. The quantitative estimate of drug-likeness (QED) is 0.326. The average Bonchev–Trinajstić information content (AvgIpc) is 3.03. The van der Waals surface area contributed by atoms with Crippen LogP contribution in [0, 0.1) is 11.7 Å². The molecule has 2 aromatic carbocycles. The number of fused-ring (bicyclic) bond motifs is 1. The van der Waals surface area contributed by atoms with E-state index < -0.39 is 18.0 Å². The zero-order valence-electron chi connectivity index (χ0n) is 28.6. The van der Waals surface area contributed by atoms with Gasteiger partial charge >= 0.3 is 6.03 Å². The molecule has 4 atom stereocenters. The van der Waals surface area contributed by atoms with E-state index in [2.05, 4.69) is 10.6 Å². The molecule has 1 heterocycles. The second kappa shape index (κ2) is 18.6. The molecule has 0 spiro atoms. The molecule has 4 amide bonds. The number of nitrogens with zero attached hydrogens (tertiary/aromatic N) is 3. The highest BCUT2D eigenvalue weighted by atomic mass is 19.1. The fraction of sp³-hybridized carbons (Fsp3) is 0.571. The number of anilines is 2. The zero-order valence-corrected chi connectivity index (χ0v) is 28.6. The molecule has 12 heteroatoms. The van der Waals surface area contributed by atoms with E-state index in [9.17, 15) is 23.9 Å². The van der Waals surface area contributed by atoms with Gasteiger partial charge in [0.15, 0.2) is 0 Å². The van der Waals surface area contributed by atoms with Crippen LogP contribution in [-0.2, 0) is 9.53 Å². The molecule has 260 valence electrons. The van der Waals surface area contributed by atoms with Crippen molar-refractivity contribution in [2.45, 2.75) is 71.1 Å². The van der Waals surface area contributed by atoms with Gasteiger partial charge in [-0.3, -0.25) is 9.59 Å². The number of aliphatic hydroxyl groups is 1. The molecule has 0 radical (unpaired) electrons. The minimum atomic E-state index is -0.535. The number of rotatable bonds is 10. The molecule has 3 N–H and O–H groups in total. The van der Waals surface area contributed by atoms with E-state index in [0.717, 1.165) is 25.8 Å². The number of halogens is 1. The summed E-state index contributed by atoms with van der Waals surface area (Å²) in [4.78, 5) is 45.1. The number of nitrogens with one attached hydrogen (secondary N) is 2.